The van der Waals surface area contributed by atoms with Crippen molar-refractivity contribution in [1.29, 1.82) is 0 Å². The van der Waals surface area contributed by atoms with Crippen LogP contribution in [0.5, 0.6) is 11.5 Å². The van der Waals surface area contributed by atoms with Gasteiger partial charge in [-0.3, -0.25) is 0 Å². The monoisotopic (exact) mass is 626 g/mol. The SMILES string of the molecule is CCCCCCCCCCc1cnc(-c2ccc(C(=O)Oc3ccc(OCCCC4CCC(CCCCC)CC4)cc3)cc2)nc1. The van der Waals surface area contributed by atoms with Gasteiger partial charge in [0, 0.05) is 18.0 Å². The molecule has 0 radical (unpaired) electrons. The second-order valence-corrected chi connectivity index (χ2v) is 13.5. The molecule has 2 aromatic carbocycles. The number of benzene rings is 2. The number of unbranched alkanes of at least 4 members (excludes halogenated alkanes) is 9. The Hall–Kier alpha value is -3.21. The Morgan fingerprint density at radius 1 is 0.652 bits per heavy atom. The molecule has 1 aliphatic rings. The number of carbonyl (C=O) groups excluding carboxylic acids is 1. The van der Waals surface area contributed by atoms with Crippen LogP contribution in [0.4, 0.5) is 0 Å². The molecule has 5 heteroatoms. The van der Waals surface area contributed by atoms with Gasteiger partial charge >= 0.3 is 5.97 Å². The quantitative estimate of drug-likeness (QED) is 0.0669. The zero-order chi connectivity index (χ0) is 32.2. The normalized spacial score (nSPS) is 16.3. The lowest BCUT2D eigenvalue weighted by Crippen LogP contribution is -2.15. The first-order valence-electron chi connectivity index (χ1n) is 18.5. The molecule has 0 N–H and O–H groups in total. The van der Waals surface area contributed by atoms with Crippen LogP contribution in [0.1, 0.15) is 145 Å². The molecule has 0 atom stereocenters. The fraction of sp³-hybridized carbons (Fsp3) is 0.585. The summed E-state index contributed by atoms with van der Waals surface area (Å²) >= 11 is 0. The predicted octanol–water partition coefficient (Wildman–Crippen LogP) is 11.6. The average Bonchev–Trinajstić information content (AvgIpc) is 3.10. The van der Waals surface area contributed by atoms with Crippen molar-refractivity contribution < 1.29 is 14.3 Å². The Labute approximate surface area is 278 Å². The summed E-state index contributed by atoms with van der Waals surface area (Å²) in [6, 6.07) is 14.6. The molecule has 1 heterocycles. The number of carbonyl (C=O) groups is 1. The van der Waals surface area contributed by atoms with Crippen molar-refractivity contribution >= 4 is 5.97 Å². The molecule has 3 aromatic rings. The minimum atomic E-state index is -0.387. The minimum Gasteiger partial charge on any atom is -0.494 e. The molecular weight excluding hydrogens is 568 g/mol. The molecule has 250 valence electrons. The van der Waals surface area contributed by atoms with Crippen LogP contribution in [-0.2, 0) is 6.42 Å². The third kappa shape index (κ3) is 12.9. The van der Waals surface area contributed by atoms with E-state index >= 15 is 0 Å². The Morgan fingerprint density at radius 2 is 1.20 bits per heavy atom. The lowest BCUT2D eigenvalue weighted by atomic mass is 9.78. The molecule has 0 saturated heterocycles. The molecule has 0 unspecified atom stereocenters. The van der Waals surface area contributed by atoms with Gasteiger partial charge in [0.1, 0.15) is 11.5 Å². The first kappa shape index (κ1) is 35.6. The maximum atomic E-state index is 12.8. The summed E-state index contributed by atoms with van der Waals surface area (Å²) in [6.45, 7) is 5.28. The molecule has 1 aromatic heterocycles. The second kappa shape index (κ2) is 20.8. The number of ether oxygens (including phenoxy) is 2. The summed E-state index contributed by atoms with van der Waals surface area (Å²) in [5.41, 5.74) is 2.55. The van der Waals surface area contributed by atoms with E-state index in [1.807, 2.05) is 36.7 Å². The maximum Gasteiger partial charge on any atom is 0.343 e. The minimum absolute atomic E-state index is 0.387. The molecule has 1 fully saturated rings. The highest BCUT2D eigenvalue weighted by molar-refractivity contribution is 5.91. The molecule has 1 saturated carbocycles. The van der Waals surface area contributed by atoms with E-state index in [1.165, 1.54) is 115 Å². The van der Waals surface area contributed by atoms with Gasteiger partial charge in [0.15, 0.2) is 5.82 Å². The summed E-state index contributed by atoms with van der Waals surface area (Å²) in [6.07, 6.45) is 28.9. The van der Waals surface area contributed by atoms with Crippen molar-refractivity contribution in [2.45, 2.75) is 136 Å². The number of hydrogen-bond donors (Lipinski definition) is 0. The Kier molecular flexibility index (Phi) is 16.1. The highest BCUT2D eigenvalue weighted by Crippen LogP contribution is 2.34. The van der Waals surface area contributed by atoms with Crippen LogP contribution in [0.25, 0.3) is 11.4 Å². The molecule has 1 aliphatic carbocycles. The molecular formula is C41H58N2O3. The third-order valence-corrected chi connectivity index (χ3v) is 9.65. The fourth-order valence-electron chi connectivity index (χ4n) is 6.68. The van der Waals surface area contributed by atoms with E-state index in [4.69, 9.17) is 9.47 Å². The predicted molar refractivity (Wildman–Crippen MR) is 190 cm³/mol. The molecule has 5 nitrogen and oxygen atoms in total. The summed E-state index contributed by atoms with van der Waals surface area (Å²) in [4.78, 5) is 21.9. The Bertz CT molecular complexity index is 1230. The van der Waals surface area contributed by atoms with Crippen LogP contribution < -0.4 is 9.47 Å². The van der Waals surface area contributed by atoms with Gasteiger partial charge in [-0.2, -0.15) is 0 Å². The molecule has 46 heavy (non-hydrogen) atoms. The van der Waals surface area contributed by atoms with Crippen LogP contribution in [0.2, 0.25) is 0 Å². The van der Waals surface area contributed by atoms with Crippen molar-refractivity contribution in [2.24, 2.45) is 11.8 Å². The number of aryl methyl sites for hydroxylation is 1. The average molecular weight is 627 g/mol. The van der Waals surface area contributed by atoms with Crippen molar-refractivity contribution in [1.82, 2.24) is 9.97 Å². The highest BCUT2D eigenvalue weighted by atomic mass is 16.5. The van der Waals surface area contributed by atoms with Gasteiger partial charge < -0.3 is 9.47 Å². The van der Waals surface area contributed by atoms with Crippen molar-refractivity contribution in [3.05, 3.63) is 72.1 Å². The standard InChI is InChI=1S/C41H58N2O3/c1-3-5-7-8-9-10-11-13-16-35-31-42-40(43-32-35)36-22-24-37(25-23-36)41(44)46-39-28-26-38(27-29-39)45-30-14-17-34-20-18-33(19-21-34)15-12-6-4-2/h22-29,31-34H,3-21,30H2,1-2H3. The van der Waals surface area contributed by atoms with E-state index in [-0.39, 0.29) is 5.97 Å². The van der Waals surface area contributed by atoms with Crippen LogP contribution in [0.15, 0.2) is 60.9 Å². The largest absolute Gasteiger partial charge is 0.494 e. The number of aromatic nitrogens is 2. The molecule has 0 spiro atoms. The Balaban J connectivity index is 1.11. The van der Waals surface area contributed by atoms with E-state index in [1.54, 1.807) is 24.3 Å². The van der Waals surface area contributed by atoms with Gasteiger partial charge in [0.05, 0.1) is 12.2 Å². The van der Waals surface area contributed by atoms with Gasteiger partial charge in [0.2, 0.25) is 0 Å². The van der Waals surface area contributed by atoms with Crippen molar-refractivity contribution in [3.8, 4) is 22.9 Å². The van der Waals surface area contributed by atoms with Gasteiger partial charge in [-0.15, -0.1) is 0 Å². The van der Waals surface area contributed by atoms with E-state index < -0.39 is 0 Å². The van der Waals surface area contributed by atoms with Gasteiger partial charge in [-0.05, 0) is 79.5 Å². The lowest BCUT2D eigenvalue weighted by Gasteiger charge is -2.28. The molecule has 0 amide bonds. The van der Waals surface area contributed by atoms with E-state index in [9.17, 15) is 4.79 Å². The maximum absolute atomic E-state index is 12.8. The summed E-state index contributed by atoms with van der Waals surface area (Å²) < 4.78 is 11.6. The smallest absolute Gasteiger partial charge is 0.343 e. The van der Waals surface area contributed by atoms with Crippen LogP contribution in [-0.4, -0.2) is 22.5 Å². The second-order valence-electron chi connectivity index (χ2n) is 13.5. The van der Waals surface area contributed by atoms with Crippen LogP contribution in [0, 0.1) is 11.8 Å². The molecule has 0 bridgehead atoms. The van der Waals surface area contributed by atoms with Crippen molar-refractivity contribution in [2.75, 3.05) is 6.61 Å². The van der Waals surface area contributed by atoms with Crippen molar-refractivity contribution in [3.63, 3.8) is 0 Å². The summed E-state index contributed by atoms with van der Waals surface area (Å²) in [7, 11) is 0. The van der Waals surface area contributed by atoms with Gasteiger partial charge in [0.25, 0.3) is 0 Å². The first-order chi connectivity index (χ1) is 22.6. The topological polar surface area (TPSA) is 61.3 Å². The molecule has 0 aliphatic heterocycles. The van der Waals surface area contributed by atoms with E-state index in [0.717, 1.165) is 42.6 Å². The number of nitrogens with zero attached hydrogens (tertiary/aromatic N) is 2. The zero-order valence-corrected chi connectivity index (χ0v) is 28.7. The summed E-state index contributed by atoms with van der Waals surface area (Å²) in [5.74, 6) is 3.43. The van der Waals surface area contributed by atoms with Crippen LogP contribution in [0.3, 0.4) is 0 Å². The number of hydrogen-bond acceptors (Lipinski definition) is 5. The molecule has 4 rings (SSSR count). The van der Waals surface area contributed by atoms with Gasteiger partial charge in [-0.25, -0.2) is 14.8 Å². The third-order valence-electron chi connectivity index (χ3n) is 9.65. The lowest BCUT2D eigenvalue weighted by molar-refractivity contribution is 0.0734. The summed E-state index contributed by atoms with van der Waals surface area (Å²) in [5, 5.41) is 0. The zero-order valence-electron chi connectivity index (χ0n) is 28.7. The van der Waals surface area contributed by atoms with E-state index in [0.29, 0.717) is 17.1 Å². The first-order valence-corrected chi connectivity index (χ1v) is 18.5. The number of esters is 1. The van der Waals surface area contributed by atoms with Crippen LogP contribution >= 0.6 is 0 Å². The Morgan fingerprint density at radius 3 is 1.83 bits per heavy atom. The highest BCUT2D eigenvalue weighted by Gasteiger charge is 2.20. The van der Waals surface area contributed by atoms with E-state index in [2.05, 4.69) is 23.8 Å². The fourth-order valence-corrected chi connectivity index (χ4v) is 6.68. The number of rotatable bonds is 21. The van der Waals surface area contributed by atoms with Gasteiger partial charge in [-0.1, -0.05) is 122 Å².